The first-order valence-electron chi connectivity index (χ1n) is 27.2. The van der Waals surface area contributed by atoms with Gasteiger partial charge in [-0.1, -0.05) is 107 Å². The molecule has 17 heteroatoms. The van der Waals surface area contributed by atoms with Crippen molar-refractivity contribution in [2.75, 3.05) is 0 Å². The molecule has 2 aliphatic heterocycles. The van der Waals surface area contributed by atoms with Crippen LogP contribution in [0.15, 0.2) is 60.2 Å². The van der Waals surface area contributed by atoms with Crippen LogP contribution in [0.3, 0.4) is 0 Å². The Hall–Kier alpha value is -3.46. The summed E-state index contributed by atoms with van der Waals surface area (Å²) in [6, 6.07) is 13.9. The molecule has 0 spiro atoms. The minimum absolute atomic E-state index is 0.0253. The monoisotopic (exact) mass is 1060 g/mol. The first-order chi connectivity index (χ1) is 34.0. The van der Waals surface area contributed by atoms with Crippen LogP contribution in [-0.2, 0) is 41.8 Å². The number of carbonyl (C=O) groups is 3. The summed E-state index contributed by atoms with van der Waals surface area (Å²) in [7, 11) is -6.21. The predicted molar refractivity (Wildman–Crippen MR) is 293 cm³/mol. The lowest BCUT2D eigenvalue weighted by atomic mass is 9.88. The first kappa shape index (κ1) is 62.8. The maximum Gasteiger partial charge on any atom is 0.514 e. The number of nitro benzene ring substituents is 1. The van der Waals surface area contributed by atoms with Crippen LogP contribution in [-0.4, -0.2) is 95.8 Å². The molecule has 1 aromatic carbocycles. The van der Waals surface area contributed by atoms with E-state index in [0.29, 0.717) is 12.8 Å². The maximum atomic E-state index is 14.2. The Balaban J connectivity index is 2.09. The Morgan fingerprint density at radius 2 is 1.46 bits per heavy atom. The van der Waals surface area contributed by atoms with Gasteiger partial charge in [-0.3, -0.25) is 19.7 Å². The van der Waals surface area contributed by atoms with Crippen molar-refractivity contribution < 1.29 is 56.3 Å². The Bertz CT molecular complexity index is 1960. The first-order valence-corrected chi connectivity index (χ1v) is 34.8. The average Bonchev–Trinajstić information content (AvgIpc) is 4.12. The van der Waals surface area contributed by atoms with Crippen molar-refractivity contribution in [2.45, 2.75) is 245 Å². The van der Waals surface area contributed by atoms with Crippen molar-refractivity contribution in [3.8, 4) is 5.75 Å². The topological polar surface area (TPSA) is 171 Å². The SMILES string of the molecule is CC[C@H](O[Si](CC)(CC)CC)[C@@H](C)[C@H]1O[C@@H]1CC(C)(/C=C/C=C(\C)C1OC(=O)CC(O[Si](CC)(CC)CC)CCC(C)(OC(C)=O)C(OC(=O)Oc2ccc([N+](=O)[O-])cc2)C=CC1C)O[Si](CC)(CC)CC. The van der Waals surface area contributed by atoms with E-state index in [9.17, 15) is 24.5 Å². The molecule has 72 heavy (non-hydrogen) atoms. The van der Waals surface area contributed by atoms with Gasteiger partial charge in [0.25, 0.3) is 5.69 Å². The fourth-order valence-corrected chi connectivity index (χ4v) is 19.6. The van der Waals surface area contributed by atoms with Crippen molar-refractivity contribution in [3.63, 3.8) is 0 Å². The zero-order chi connectivity index (χ0) is 54.1. The van der Waals surface area contributed by atoms with Gasteiger partial charge in [-0.2, -0.15) is 0 Å². The van der Waals surface area contributed by atoms with Gasteiger partial charge in [0.2, 0.25) is 0 Å². The molecule has 14 nitrogen and oxygen atoms in total. The molecular formula is C55H93NO13Si3. The van der Waals surface area contributed by atoms with E-state index in [1.165, 1.54) is 31.2 Å². The van der Waals surface area contributed by atoms with E-state index >= 15 is 0 Å². The number of hydrogen-bond donors (Lipinski definition) is 0. The van der Waals surface area contributed by atoms with Crippen molar-refractivity contribution in [2.24, 2.45) is 11.8 Å². The molecular weight excluding hydrogens is 967 g/mol. The van der Waals surface area contributed by atoms with E-state index in [1.807, 2.05) is 26.0 Å². The van der Waals surface area contributed by atoms with Crippen LogP contribution >= 0.6 is 0 Å². The van der Waals surface area contributed by atoms with Crippen molar-refractivity contribution >= 4 is 48.7 Å². The molecule has 0 aromatic heterocycles. The smallest absolute Gasteiger partial charge is 0.457 e. The quantitative estimate of drug-likeness (QED) is 0.00939. The van der Waals surface area contributed by atoms with Gasteiger partial charge in [0.1, 0.15) is 17.5 Å². The molecule has 1 aromatic rings. The number of esters is 2. The van der Waals surface area contributed by atoms with E-state index in [-0.39, 0.29) is 48.5 Å². The maximum absolute atomic E-state index is 14.2. The standard InChI is InChI=1S/C55H93NO13Si3/c1-17-47(68-71(21-5,22-6)23-7)42(13)52-48(63-52)39-54(15,69-72(24-8,25-9)26-10)36-27-28-40(11)51-41(12)29-34-49(64-53(59)62-45-32-30-44(31-33-45)56(60)61)55(16,66-43(14)57)37-35-46(38-50(58)65-51)67-70(18-2,19-3)20-4/h27-34,36,41-42,46-49,51-52H,17-26,35,37-39H2,1-16H3/b34-29?,36-27+,40-28+/t41?,42-,46?,47+,48-,49?,51?,52-,54?,55?/m1/s1. The Labute approximate surface area is 436 Å². The number of benzene rings is 1. The molecule has 1 saturated heterocycles. The van der Waals surface area contributed by atoms with E-state index in [2.05, 4.69) is 89.2 Å². The number of cyclic esters (lactones) is 1. The molecule has 0 N–H and O–H groups in total. The normalized spacial score (nSPS) is 25.3. The van der Waals surface area contributed by atoms with Crippen LogP contribution in [0.1, 0.15) is 143 Å². The third-order valence-electron chi connectivity index (χ3n) is 16.2. The number of ether oxygens (including phenoxy) is 5. The van der Waals surface area contributed by atoms with Gasteiger partial charge in [-0.05, 0) is 118 Å². The molecule has 6 unspecified atom stereocenters. The number of carbonyl (C=O) groups excluding carboxylic acids is 3. The van der Waals surface area contributed by atoms with Gasteiger partial charge < -0.3 is 37.0 Å². The molecule has 0 saturated carbocycles. The largest absolute Gasteiger partial charge is 0.514 e. The van der Waals surface area contributed by atoms with Crippen LogP contribution < -0.4 is 4.74 Å². The number of rotatable bonds is 27. The molecule has 0 amide bonds. The molecule has 10 atom stereocenters. The molecule has 1 fully saturated rings. The van der Waals surface area contributed by atoms with Crippen molar-refractivity contribution in [1.82, 2.24) is 0 Å². The van der Waals surface area contributed by atoms with Crippen LogP contribution in [0.5, 0.6) is 5.75 Å². The van der Waals surface area contributed by atoms with Crippen LogP contribution in [0, 0.1) is 22.0 Å². The lowest BCUT2D eigenvalue weighted by molar-refractivity contribution is -0.384. The Kier molecular flexibility index (Phi) is 24.8. The lowest BCUT2D eigenvalue weighted by Gasteiger charge is -2.39. The van der Waals surface area contributed by atoms with Crippen LogP contribution in [0.25, 0.3) is 0 Å². The number of nitrogens with zero attached hydrogens (tertiary/aromatic N) is 1. The average molecular weight is 1060 g/mol. The summed E-state index contributed by atoms with van der Waals surface area (Å²) in [5.41, 5.74) is -1.44. The summed E-state index contributed by atoms with van der Waals surface area (Å²) in [5, 5.41) is 11.3. The van der Waals surface area contributed by atoms with Gasteiger partial charge in [0, 0.05) is 43.4 Å². The molecule has 2 aliphatic rings. The minimum atomic E-state index is -2.28. The Morgan fingerprint density at radius 3 is 1.97 bits per heavy atom. The molecule has 2 heterocycles. The molecule has 0 radical (unpaired) electrons. The van der Waals surface area contributed by atoms with Gasteiger partial charge in [-0.25, -0.2) is 4.79 Å². The van der Waals surface area contributed by atoms with Gasteiger partial charge >= 0.3 is 18.1 Å². The van der Waals surface area contributed by atoms with Crippen LogP contribution in [0.2, 0.25) is 54.4 Å². The Morgan fingerprint density at radius 1 is 0.889 bits per heavy atom. The highest BCUT2D eigenvalue weighted by Crippen LogP contribution is 2.43. The van der Waals surface area contributed by atoms with E-state index in [1.54, 1.807) is 19.1 Å². The summed E-state index contributed by atoms with van der Waals surface area (Å²) < 4.78 is 51.8. The van der Waals surface area contributed by atoms with Gasteiger partial charge in [0.15, 0.2) is 31.1 Å². The molecule has 3 rings (SSSR count). The van der Waals surface area contributed by atoms with Gasteiger partial charge in [-0.15, -0.1) is 0 Å². The second-order valence-electron chi connectivity index (χ2n) is 20.9. The summed E-state index contributed by atoms with van der Waals surface area (Å²) >= 11 is 0. The van der Waals surface area contributed by atoms with Crippen molar-refractivity contribution in [1.29, 1.82) is 0 Å². The zero-order valence-corrected chi connectivity index (χ0v) is 50.0. The molecule has 408 valence electrons. The van der Waals surface area contributed by atoms with E-state index in [0.717, 1.165) is 66.4 Å². The second-order valence-corrected chi connectivity index (χ2v) is 35.0. The highest BCUT2D eigenvalue weighted by atomic mass is 28.4. The minimum Gasteiger partial charge on any atom is -0.457 e. The second kappa shape index (κ2) is 28.4. The predicted octanol–water partition coefficient (Wildman–Crippen LogP) is 14.4. The lowest BCUT2D eigenvalue weighted by Crippen LogP contribution is -2.47. The molecule has 0 bridgehead atoms. The summed E-state index contributed by atoms with van der Waals surface area (Å²) in [6.07, 6.45) is 8.36. The van der Waals surface area contributed by atoms with E-state index in [4.69, 9.17) is 37.0 Å². The highest BCUT2D eigenvalue weighted by Gasteiger charge is 2.51. The van der Waals surface area contributed by atoms with Crippen LogP contribution in [0.4, 0.5) is 10.5 Å². The number of hydrogen-bond acceptors (Lipinski definition) is 13. The summed E-state index contributed by atoms with van der Waals surface area (Å²) in [5.74, 6) is -1.17. The number of non-ortho nitro benzene ring substituents is 1. The highest BCUT2D eigenvalue weighted by molar-refractivity contribution is 6.74. The fourth-order valence-electron chi connectivity index (χ4n) is 10.6. The third-order valence-corrected chi connectivity index (χ3v) is 30.3. The number of allylic oxidation sites excluding steroid dienone is 2. The summed E-state index contributed by atoms with van der Waals surface area (Å²) in [6.45, 7) is 33.4. The number of epoxide rings is 1. The fraction of sp³-hybridized carbons (Fsp3) is 0.727. The van der Waals surface area contributed by atoms with Gasteiger partial charge in [0.05, 0.1) is 35.3 Å². The number of nitro groups is 1. The summed E-state index contributed by atoms with van der Waals surface area (Å²) in [4.78, 5) is 51.3. The zero-order valence-electron chi connectivity index (χ0n) is 47.0. The van der Waals surface area contributed by atoms with E-state index < -0.39 is 83.4 Å². The molecule has 0 aliphatic carbocycles. The van der Waals surface area contributed by atoms with Crippen molar-refractivity contribution in [3.05, 3.63) is 70.3 Å². The third kappa shape index (κ3) is 17.6.